The average Bonchev–Trinajstić information content (AvgIpc) is 0.708. The third-order valence-corrected chi connectivity index (χ3v) is 23.1. The number of esters is 1. The second-order valence-corrected chi connectivity index (χ2v) is 28.6. The van der Waals surface area contributed by atoms with Crippen LogP contribution in [0.4, 0.5) is 0 Å². The SMILES string of the molecule is C[C@@H]1O[C@@H](O[C@@H]2[C@H](O)[C@@H](O[C@H]3[C@H](O[C@H]4CC[C@@]5(C)[C@H](CC[C@@]6(C)[C@H]5CC=C5[C@@H]7CC(C)(C)CC[C@]7(C(=O)O[C@@H]7O[C@@H](CO)[C@@H](O[C@H]8O[C@@H](CO)[C@@H](O)[C@@H](O)[C@@H]8O)[C@H](O)[C@@H]7O)CC[C@@]56C)C4(C)C)OC[C@H](O)[C@H]3O)O[C@@H](C)[C@@H]2O)[C@H](O)[C@H](O)[C@H]1O. The summed E-state index contributed by atoms with van der Waals surface area (Å²) < 4.78 is 60.1. The Labute approximate surface area is 490 Å². The minimum absolute atomic E-state index is 0.135. The van der Waals surface area contributed by atoms with Crippen molar-refractivity contribution in [2.24, 2.45) is 50.2 Å². The van der Waals surface area contributed by atoms with E-state index in [0.29, 0.717) is 32.1 Å². The van der Waals surface area contributed by atoms with Gasteiger partial charge in [0.05, 0.1) is 43.5 Å². The topological polar surface area (TPSA) is 393 Å². The molecule has 25 nitrogen and oxygen atoms in total. The minimum Gasteiger partial charge on any atom is -0.432 e. The first-order valence-electron chi connectivity index (χ1n) is 30.5. The molecule has 0 aromatic heterocycles. The molecule has 0 unspecified atom stereocenters. The van der Waals surface area contributed by atoms with E-state index in [9.17, 15) is 71.5 Å². The van der Waals surface area contributed by atoms with E-state index in [1.807, 2.05) is 0 Å². The number of carbonyl (C=O) groups is 1. The van der Waals surface area contributed by atoms with Crippen molar-refractivity contribution in [1.82, 2.24) is 0 Å². The maximum Gasteiger partial charge on any atom is 0.315 e. The molecular weight excluding hydrogens is 1110 g/mol. The van der Waals surface area contributed by atoms with Crippen molar-refractivity contribution < 1.29 is 124 Å². The molecule has 10 rings (SSSR count). The van der Waals surface area contributed by atoms with Gasteiger partial charge in [0.25, 0.3) is 0 Å². The van der Waals surface area contributed by atoms with E-state index in [2.05, 4.69) is 54.5 Å². The smallest absolute Gasteiger partial charge is 0.315 e. The molecule has 10 aliphatic rings. The molecule has 0 aromatic rings. The molecule has 5 heterocycles. The number of fused-ring (bicyclic) bond motifs is 7. The van der Waals surface area contributed by atoms with Crippen molar-refractivity contribution in [3.05, 3.63) is 11.6 Å². The molecule has 4 saturated carbocycles. The standard InChI is InChI=1S/C59H96O25/c1-24-34(63)38(67)41(70)48(76-24)82-46-35(64)25(2)77-51(44(46)73)83-47-36(65)28(62)23-75-52(47)80-33-13-14-56(7)31(55(33,5)6)12-15-58(9)32(56)11-10-26-27-20-54(3,4)16-18-59(27,19-17-57(26,58)8)53(74)84-50-43(72)40(69)45(30(22-61)79-50)81-49-42(71)39(68)37(66)29(21-60)78-49/h10,24-25,27-52,60-73H,11-23H2,1-9H3/t24-,25-,27-,28-,29-,30-,31+,32-,33-,34-,35-,36+,37+,38+,39+,40+,41+,42-,43-,44-,45+,46-,47+,48-,49+,50-,51+,52-,56-,57-,58-,59-/m0/s1. The molecule has 32 atom stereocenters. The lowest BCUT2D eigenvalue weighted by Crippen LogP contribution is -2.66. The first-order valence-corrected chi connectivity index (χ1v) is 30.5. The number of aliphatic hydroxyl groups is 14. The zero-order valence-electron chi connectivity index (χ0n) is 49.7. The summed E-state index contributed by atoms with van der Waals surface area (Å²) in [7, 11) is 0. The fraction of sp³-hybridized carbons (Fsp3) is 0.949. The highest BCUT2D eigenvalue weighted by molar-refractivity contribution is 5.79. The Morgan fingerprint density at radius 2 is 1.11 bits per heavy atom. The second kappa shape index (κ2) is 23.8. The fourth-order valence-electron chi connectivity index (χ4n) is 17.6. The van der Waals surface area contributed by atoms with E-state index in [1.54, 1.807) is 0 Å². The van der Waals surface area contributed by atoms with Gasteiger partial charge in [-0.05, 0) is 123 Å². The number of rotatable bonds is 12. The molecule has 5 saturated heterocycles. The lowest BCUT2D eigenvalue weighted by molar-refractivity contribution is -0.381. The van der Waals surface area contributed by atoms with Gasteiger partial charge in [-0.3, -0.25) is 4.79 Å². The predicted octanol–water partition coefficient (Wildman–Crippen LogP) is -1.52. The van der Waals surface area contributed by atoms with E-state index < -0.39 is 184 Å². The summed E-state index contributed by atoms with van der Waals surface area (Å²) in [6.45, 7) is 17.2. The summed E-state index contributed by atoms with van der Waals surface area (Å²) in [6, 6.07) is 0. The van der Waals surface area contributed by atoms with Crippen molar-refractivity contribution in [2.75, 3.05) is 19.8 Å². The summed E-state index contributed by atoms with van der Waals surface area (Å²) in [5.74, 6) is -0.473. The van der Waals surface area contributed by atoms with E-state index in [1.165, 1.54) is 19.4 Å². The molecule has 0 bridgehead atoms. The van der Waals surface area contributed by atoms with Crippen LogP contribution in [-0.4, -0.2) is 251 Å². The van der Waals surface area contributed by atoms with Gasteiger partial charge in [0, 0.05) is 0 Å². The number of hydrogen-bond donors (Lipinski definition) is 14. The Morgan fingerprint density at radius 3 is 1.77 bits per heavy atom. The van der Waals surface area contributed by atoms with Crippen molar-refractivity contribution >= 4 is 5.97 Å². The van der Waals surface area contributed by atoms with E-state index >= 15 is 4.79 Å². The van der Waals surface area contributed by atoms with Gasteiger partial charge in [0.2, 0.25) is 6.29 Å². The Balaban J connectivity index is 0.841. The first kappa shape index (κ1) is 65.2. The van der Waals surface area contributed by atoms with Crippen LogP contribution < -0.4 is 0 Å². The van der Waals surface area contributed by atoms with Gasteiger partial charge >= 0.3 is 5.97 Å². The first-order chi connectivity index (χ1) is 39.3. The van der Waals surface area contributed by atoms with Crippen LogP contribution in [0.3, 0.4) is 0 Å². The van der Waals surface area contributed by atoms with Crippen molar-refractivity contribution in [1.29, 1.82) is 0 Å². The molecule has 25 heteroatoms. The molecular formula is C59H96O25. The quantitative estimate of drug-likeness (QED) is 0.0600. The fourth-order valence-corrected chi connectivity index (χ4v) is 17.6. The van der Waals surface area contributed by atoms with Crippen molar-refractivity contribution in [3.8, 4) is 0 Å². The highest BCUT2D eigenvalue weighted by Gasteiger charge is 2.70. The van der Waals surface area contributed by atoms with Crippen LogP contribution in [0, 0.1) is 50.2 Å². The third kappa shape index (κ3) is 10.8. The van der Waals surface area contributed by atoms with Crippen LogP contribution in [-0.2, 0) is 52.2 Å². The van der Waals surface area contributed by atoms with Crippen LogP contribution in [0.15, 0.2) is 11.6 Å². The van der Waals surface area contributed by atoms with Gasteiger partial charge in [-0.2, -0.15) is 0 Å². The predicted molar refractivity (Wildman–Crippen MR) is 287 cm³/mol. The number of carbonyl (C=O) groups excluding carboxylic acids is 1. The third-order valence-electron chi connectivity index (χ3n) is 23.1. The van der Waals surface area contributed by atoms with Crippen LogP contribution in [0.25, 0.3) is 0 Å². The Morgan fingerprint density at radius 1 is 0.536 bits per heavy atom. The largest absolute Gasteiger partial charge is 0.432 e. The van der Waals surface area contributed by atoms with Crippen LogP contribution >= 0.6 is 0 Å². The minimum atomic E-state index is -1.88. The number of hydrogen-bond acceptors (Lipinski definition) is 25. The normalized spacial score (nSPS) is 54.6. The second-order valence-electron chi connectivity index (χ2n) is 28.6. The summed E-state index contributed by atoms with van der Waals surface area (Å²) in [5, 5.41) is 151. The van der Waals surface area contributed by atoms with Crippen molar-refractivity contribution in [2.45, 2.75) is 280 Å². The summed E-state index contributed by atoms with van der Waals surface area (Å²) in [5.41, 5.74) is -1.18. The van der Waals surface area contributed by atoms with Gasteiger partial charge in [-0.25, -0.2) is 0 Å². The van der Waals surface area contributed by atoms with Gasteiger partial charge < -0.3 is 119 Å². The maximum absolute atomic E-state index is 15.1. The Hall–Kier alpha value is -1.71. The summed E-state index contributed by atoms with van der Waals surface area (Å²) in [6.07, 6.45) is -28.2. The average molecular weight is 1210 g/mol. The monoisotopic (exact) mass is 1200 g/mol. The highest BCUT2D eigenvalue weighted by atomic mass is 16.8. The molecule has 482 valence electrons. The van der Waals surface area contributed by atoms with Gasteiger partial charge in [0.1, 0.15) is 104 Å². The lowest BCUT2D eigenvalue weighted by atomic mass is 9.33. The van der Waals surface area contributed by atoms with Crippen LogP contribution in [0.1, 0.15) is 127 Å². The molecule has 5 aliphatic carbocycles. The number of allylic oxidation sites excluding steroid dienone is 2. The Kier molecular flexibility index (Phi) is 18.5. The summed E-state index contributed by atoms with van der Waals surface area (Å²) in [4.78, 5) is 15.1. The molecule has 5 aliphatic heterocycles. The van der Waals surface area contributed by atoms with E-state index in [-0.39, 0.29) is 46.0 Å². The van der Waals surface area contributed by atoms with Crippen LogP contribution in [0.5, 0.6) is 0 Å². The van der Waals surface area contributed by atoms with Gasteiger partial charge in [-0.15, -0.1) is 0 Å². The highest BCUT2D eigenvalue weighted by Crippen LogP contribution is 2.76. The molecule has 9 fully saturated rings. The zero-order chi connectivity index (χ0) is 61.3. The molecule has 0 spiro atoms. The number of ether oxygens (including phenoxy) is 10. The Bertz CT molecular complexity index is 2340. The van der Waals surface area contributed by atoms with Gasteiger partial charge in [-0.1, -0.05) is 60.1 Å². The number of aliphatic hydroxyl groups excluding tert-OH is 14. The zero-order valence-corrected chi connectivity index (χ0v) is 49.7. The molecule has 14 N–H and O–H groups in total. The van der Waals surface area contributed by atoms with E-state index in [0.717, 1.165) is 32.1 Å². The lowest BCUT2D eigenvalue weighted by Gasteiger charge is -2.71. The molecule has 0 aromatic carbocycles. The molecule has 0 amide bonds. The van der Waals surface area contributed by atoms with Gasteiger partial charge in [0.15, 0.2) is 25.2 Å². The molecule has 84 heavy (non-hydrogen) atoms. The van der Waals surface area contributed by atoms with E-state index in [4.69, 9.17) is 47.4 Å². The maximum atomic E-state index is 15.1. The molecule has 0 radical (unpaired) electrons. The summed E-state index contributed by atoms with van der Waals surface area (Å²) >= 11 is 0. The van der Waals surface area contributed by atoms with Crippen LogP contribution in [0.2, 0.25) is 0 Å². The van der Waals surface area contributed by atoms with Crippen molar-refractivity contribution in [3.63, 3.8) is 0 Å².